The first-order valence-corrected chi connectivity index (χ1v) is 8.63. The standard InChI is InChI=1S/C19H15IN2O3/c1-2-10-25-17-9-8-13(12-16(17)20)11-15-18(23)21-22(19(15)24)14-6-4-3-5-7-14/h2-9,11-12H,1,10H2,(H,21,23). The van der Waals surface area contributed by atoms with Gasteiger partial charge in [-0.1, -0.05) is 36.9 Å². The van der Waals surface area contributed by atoms with Crippen molar-refractivity contribution < 1.29 is 14.3 Å². The highest BCUT2D eigenvalue weighted by Crippen LogP contribution is 2.25. The average molecular weight is 446 g/mol. The van der Waals surface area contributed by atoms with Crippen molar-refractivity contribution in [2.75, 3.05) is 11.6 Å². The van der Waals surface area contributed by atoms with Crippen LogP contribution in [0, 0.1) is 3.57 Å². The number of rotatable bonds is 5. The molecule has 1 saturated heterocycles. The van der Waals surface area contributed by atoms with Crippen LogP contribution in [0.2, 0.25) is 0 Å². The monoisotopic (exact) mass is 446 g/mol. The third-order valence-corrected chi connectivity index (χ3v) is 4.37. The molecule has 126 valence electrons. The summed E-state index contributed by atoms with van der Waals surface area (Å²) in [6.07, 6.45) is 3.26. The molecule has 0 saturated carbocycles. The number of ether oxygens (including phenoxy) is 1. The van der Waals surface area contributed by atoms with Gasteiger partial charge in [-0.3, -0.25) is 15.0 Å². The largest absolute Gasteiger partial charge is 0.488 e. The number of halogens is 1. The molecule has 1 aliphatic heterocycles. The molecule has 0 spiro atoms. The molecule has 2 aromatic rings. The predicted octanol–water partition coefficient (Wildman–Crippen LogP) is 3.32. The van der Waals surface area contributed by atoms with Crippen molar-refractivity contribution in [3.63, 3.8) is 0 Å². The summed E-state index contributed by atoms with van der Waals surface area (Å²) in [5.74, 6) is -0.0650. The zero-order valence-electron chi connectivity index (χ0n) is 13.2. The minimum absolute atomic E-state index is 0.0967. The van der Waals surface area contributed by atoms with E-state index in [1.165, 1.54) is 5.01 Å². The highest BCUT2D eigenvalue weighted by atomic mass is 127. The van der Waals surface area contributed by atoms with Crippen LogP contribution in [-0.4, -0.2) is 18.4 Å². The molecule has 1 N–H and O–H groups in total. The highest BCUT2D eigenvalue weighted by Gasteiger charge is 2.34. The SMILES string of the molecule is C=CCOc1ccc(C=C2C(=O)NN(c3ccccc3)C2=O)cc1I. The van der Waals surface area contributed by atoms with Gasteiger partial charge in [-0.25, -0.2) is 5.01 Å². The molecule has 3 rings (SSSR count). The fourth-order valence-electron chi connectivity index (χ4n) is 2.36. The quantitative estimate of drug-likeness (QED) is 0.332. The number of hydrogen-bond acceptors (Lipinski definition) is 3. The Balaban J connectivity index is 1.86. The summed E-state index contributed by atoms with van der Waals surface area (Å²) in [5, 5.41) is 1.25. The van der Waals surface area contributed by atoms with E-state index in [4.69, 9.17) is 4.74 Å². The molecule has 1 heterocycles. The maximum Gasteiger partial charge on any atom is 0.282 e. The fourth-order valence-corrected chi connectivity index (χ4v) is 3.05. The molecule has 0 aliphatic carbocycles. The molecule has 2 aromatic carbocycles. The summed E-state index contributed by atoms with van der Waals surface area (Å²) >= 11 is 2.15. The normalized spacial score (nSPS) is 15.4. The summed E-state index contributed by atoms with van der Waals surface area (Å²) in [6.45, 7) is 4.04. The number of hydrogen-bond donors (Lipinski definition) is 1. The van der Waals surface area contributed by atoms with E-state index >= 15 is 0 Å². The molecule has 6 heteroatoms. The van der Waals surface area contributed by atoms with Gasteiger partial charge in [-0.05, 0) is 58.5 Å². The highest BCUT2D eigenvalue weighted by molar-refractivity contribution is 14.1. The van der Waals surface area contributed by atoms with Gasteiger partial charge in [0.25, 0.3) is 11.8 Å². The third kappa shape index (κ3) is 3.74. The van der Waals surface area contributed by atoms with Gasteiger partial charge in [-0.15, -0.1) is 0 Å². The molecule has 0 bridgehead atoms. The summed E-state index contributed by atoms with van der Waals surface area (Å²) in [4.78, 5) is 24.7. The predicted molar refractivity (Wildman–Crippen MR) is 105 cm³/mol. The Morgan fingerprint density at radius 3 is 2.60 bits per heavy atom. The molecular weight excluding hydrogens is 431 g/mol. The Labute approximate surface area is 159 Å². The van der Waals surface area contributed by atoms with Crippen molar-refractivity contribution in [1.29, 1.82) is 0 Å². The smallest absolute Gasteiger partial charge is 0.282 e. The molecular formula is C19H15IN2O3. The Bertz CT molecular complexity index is 862. The van der Waals surface area contributed by atoms with E-state index in [0.717, 1.165) is 14.9 Å². The number of amides is 2. The van der Waals surface area contributed by atoms with E-state index in [1.54, 1.807) is 42.5 Å². The Kier molecular flexibility index (Phi) is 5.18. The lowest BCUT2D eigenvalue weighted by molar-refractivity contribution is -0.117. The van der Waals surface area contributed by atoms with E-state index in [0.29, 0.717) is 12.3 Å². The van der Waals surface area contributed by atoms with Gasteiger partial charge < -0.3 is 4.74 Å². The van der Waals surface area contributed by atoms with Crippen LogP contribution in [0.25, 0.3) is 6.08 Å². The van der Waals surface area contributed by atoms with Crippen molar-refractivity contribution in [1.82, 2.24) is 5.43 Å². The second-order valence-electron chi connectivity index (χ2n) is 5.26. The van der Waals surface area contributed by atoms with Crippen LogP contribution in [0.3, 0.4) is 0 Å². The van der Waals surface area contributed by atoms with Crippen LogP contribution in [0.15, 0.2) is 66.8 Å². The molecule has 0 unspecified atom stereocenters. The number of para-hydroxylation sites is 1. The second-order valence-corrected chi connectivity index (χ2v) is 6.43. The van der Waals surface area contributed by atoms with Crippen LogP contribution in [0.4, 0.5) is 5.69 Å². The lowest BCUT2D eigenvalue weighted by Gasteiger charge is -2.13. The van der Waals surface area contributed by atoms with Crippen LogP contribution >= 0.6 is 22.6 Å². The number of carbonyl (C=O) groups excluding carboxylic acids is 2. The summed E-state index contributed by atoms with van der Waals surface area (Å²) in [7, 11) is 0. The van der Waals surface area contributed by atoms with E-state index in [9.17, 15) is 9.59 Å². The third-order valence-electron chi connectivity index (χ3n) is 3.53. The maximum absolute atomic E-state index is 12.6. The number of nitrogens with one attached hydrogen (secondary N) is 1. The van der Waals surface area contributed by atoms with Crippen molar-refractivity contribution in [3.8, 4) is 5.75 Å². The first-order chi connectivity index (χ1) is 12.1. The van der Waals surface area contributed by atoms with Gasteiger partial charge in [0.1, 0.15) is 17.9 Å². The molecule has 0 atom stereocenters. The number of nitrogens with zero attached hydrogens (tertiary/aromatic N) is 1. The summed E-state index contributed by atoms with van der Waals surface area (Å²) < 4.78 is 6.42. The van der Waals surface area contributed by atoms with E-state index in [-0.39, 0.29) is 11.5 Å². The van der Waals surface area contributed by atoms with E-state index in [2.05, 4.69) is 34.6 Å². The Hall–Kier alpha value is -2.61. The second kappa shape index (κ2) is 7.52. The molecule has 1 aliphatic rings. The average Bonchev–Trinajstić information content (AvgIpc) is 2.90. The first kappa shape index (κ1) is 17.2. The topological polar surface area (TPSA) is 58.6 Å². The minimum atomic E-state index is -0.421. The molecule has 1 fully saturated rings. The van der Waals surface area contributed by atoms with Crippen molar-refractivity contribution in [2.45, 2.75) is 0 Å². The van der Waals surface area contributed by atoms with Gasteiger partial charge in [0, 0.05) is 0 Å². The van der Waals surface area contributed by atoms with Gasteiger partial charge in [0.2, 0.25) is 0 Å². The number of anilines is 1. The van der Waals surface area contributed by atoms with Gasteiger partial charge in [0.05, 0.1) is 9.26 Å². The van der Waals surface area contributed by atoms with Crippen molar-refractivity contribution >= 4 is 46.2 Å². The first-order valence-electron chi connectivity index (χ1n) is 7.55. The van der Waals surface area contributed by atoms with Crippen LogP contribution in [0.5, 0.6) is 5.75 Å². The van der Waals surface area contributed by atoms with Crippen molar-refractivity contribution in [3.05, 3.63) is 75.9 Å². The van der Waals surface area contributed by atoms with Crippen LogP contribution in [-0.2, 0) is 9.59 Å². The van der Waals surface area contributed by atoms with Gasteiger partial charge in [-0.2, -0.15) is 0 Å². The Morgan fingerprint density at radius 2 is 1.92 bits per heavy atom. The van der Waals surface area contributed by atoms with Crippen molar-refractivity contribution in [2.24, 2.45) is 0 Å². The molecule has 0 radical (unpaired) electrons. The van der Waals surface area contributed by atoms with E-state index in [1.807, 2.05) is 18.2 Å². The zero-order chi connectivity index (χ0) is 17.8. The Morgan fingerprint density at radius 1 is 1.16 bits per heavy atom. The maximum atomic E-state index is 12.6. The molecule has 0 aromatic heterocycles. The zero-order valence-corrected chi connectivity index (χ0v) is 15.4. The van der Waals surface area contributed by atoms with E-state index < -0.39 is 5.91 Å². The van der Waals surface area contributed by atoms with Crippen LogP contribution < -0.4 is 15.2 Å². The number of hydrazine groups is 1. The lowest BCUT2D eigenvalue weighted by atomic mass is 10.1. The molecule has 25 heavy (non-hydrogen) atoms. The number of benzene rings is 2. The molecule has 2 amide bonds. The molecule has 5 nitrogen and oxygen atoms in total. The minimum Gasteiger partial charge on any atom is -0.488 e. The number of carbonyl (C=O) groups is 2. The summed E-state index contributed by atoms with van der Waals surface area (Å²) in [5.41, 5.74) is 4.05. The van der Waals surface area contributed by atoms with Gasteiger partial charge >= 0.3 is 0 Å². The lowest BCUT2D eigenvalue weighted by Crippen LogP contribution is -2.35. The summed E-state index contributed by atoms with van der Waals surface area (Å²) in [6, 6.07) is 14.5. The van der Waals surface area contributed by atoms with Crippen LogP contribution in [0.1, 0.15) is 5.56 Å². The fraction of sp³-hybridized carbons (Fsp3) is 0.0526. The van der Waals surface area contributed by atoms with Gasteiger partial charge in [0.15, 0.2) is 0 Å².